The number of aliphatic hydroxyl groups is 4. The fraction of sp³-hybridized carbons (Fsp3) is 0.500. The lowest BCUT2D eigenvalue weighted by atomic mass is 9.44. The number of benzene rings is 3. The van der Waals surface area contributed by atoms with Crippen LogP contribution in [0.15, 0.2) is 102 Å². The number of nitrogens with one attached hydrogen (secondary N) is 1. The lowest BCUT2D eigenvalue weighted by Gasteiger charge is -2.67. The number of esters is 3. The summed E-state index contributed by atoms with van der Waals surface area (Å²) >= 11 is 0. The Balaban J connectivity index is 0.000000585. The molecule has 5 N–H and O–H groups in total. The molecule has 1 saturated heterocycles. The second kappa shape index (κ2) is 20.8. The number of carbonyl (C=O) groups is 5. The first-order valence-electron chi connectivity index (χ1n) is 23.3. The molecule has 3 fully saturated rings. The van der Waals surface area contributed by atoms with Crippen molar-refractivity contribution in [3.8, 4) is 12.3 Å². The van der Waals surface area contributed by atoms with E-state index in [0.29, 0.717) is 12.1 Å². The molecule has 1 heterocycles. The molecule has 16 nitrogen and oxygen atoms in total. The van der Waals surface area contributed by atoms with Gasteiger partial charge in [-0.05, 0) is 76.1 Å². The number of Topliss-reactive ketones (excluding diaryl/α,β-unsaturated/α-hetero) is 1. The van der Waals surface area contributed by atoms with Gasteiger partial charge in [0.1, 0.15) is 35.6 Å². The van der Waals surface area contributed by atoms with Crippen LogP contribution >= 0.6 is 0 Å². The molecular weight excluding hydrogens is 901 g/mol. The Hall–Kier alpha value is -5.93. The van der Waals surface area contributed by atoms with E-state index in [0.717, 1.165) is 13.5 Å². The maximum Gasteiger partial charge on any atom is 0.408 e. The minimum absolute atomic E-state index is 0.0637. The number of hydrogen-bond acceptors (Lipinski definition) is 15. The molecule has 0 aromatic heterocycles. The lowest BCUT2D eigenvalue weighted by Crippen LogP contribution is -2.81. The van der Waals surface area contributed by atoms with E-state index in [2.05, 4.69) is 28.3 Å². The molecule has 2 saturated carbocycles. The Kier molecular flexibility index (Phi) is 15.9. The van der Waals surface area contributed by atoms with Gasteiger partial charge in [0.25, 0.3) is 0 Å². The summed E-state index contributed by atoms with van der Waals surface area (Å²) in [6.07, 6.45) is -6.29. The van der Waals surface area contributed by atoms with Gasteiger partial charge in [-0.3, -0.25) is 14.5 Å². The van der Waals surface area contributed by atoms with E-state index in [1.54, 1.807) is 83.1 Å². The van der Waals surface area contributed by atoms with E-state index in [1.165, 1.54) is 31.5 Å². The van der Waals surface area contributed by atoms with E-state index >= 15 is 0 Å². The number of amides is 1. The van der Waals surface area contributed by atoms with E-state index < -0.39 is 112 Å². The molecule has 3 aromatic carbocycles. The number of terminal acetylenes is 1. The highest BCUT2D eigenvalue weighted by Crippen LogP contribution is 2.64. The van der Waals surface area contributed by atoms with Crippen LogP contribution in [-0.4, -0.2) is 129 Å². The Morgan fingerprint density at radius 1 is 0.943 bits per heavy atom. The van der Waals surface area contributed by atoms with Gasteiger partial charge in [0, 0.05) is 31.7 Å². The molecule has 2 bridgehead atoms. The molecule has 3 aliphatic carbocycles. The first-order chi connectivity index (χ1) is 32.8. The Morgan fingerprint density at radius 2 is 1.53 bits per heavy atom. The predicted molar refractivity (Wildman–Crippen MR) is 255 cm³/mol. The minimum atomic E-state index is -2.35. The van der Waals surface area contributed by atoms with Crippen molar-refractivity contribution in [2.75, 3.05) is 20.2 Å². The van der Waals surface area contributed by atoms with Crippen molar-refractivity contribution in [2.24, 2.45) is 16.7 Å². The number of rotatable bonds is 11. The number of ether oxygens (including phenoxy) is 5. The second-order valence-corrected chi connectivity index (χ2v) is 20.4. The first-order valence-corrected chi connectivity index (χ1v) is 23.3. The monoisotopic (exact) mass is 966 g/mol. The summed E-state index contributed by atoms with van der Waals surface area (Å²) in [5, 5.41) is 51.6. The molecule has 3 aromatic rings. The number of carbonyl (C=O) groups excluding carboxylic acids is 5. The van der Waals surface area contributed by atoms with Gasteiger partial charge in [0.05, 0.1) is 42.2 Å². The van der Waals surface area contributed by atoms with Crippen LogP contribution in [-0.2, 0) is 44.6 Å². The third-order valence-electron chi connectivity index (χ3n) is 14.2. The molecule has 1 aliphatic heterocycles. The average Bonchev–Trinajstić information content (AvgIpc) is 3.29. The summed E-state index contributed by atoms with van der Waals surface area (Å²) in [4.78, 5) is 71.0. The van der Waals surface area contributed by atoms with Crippen molar-refractivity contribution in [3.63, 3.8) is 0 Å². The van der Waals surface area contributed by atoms with Gasteiger partial charge in [0.15, 0.2) is 17.5 Å². The molecule has 4 aliphatic rings. The highest BCUT2D eigenvalue weighted by molar-refractivity contribution is 5.94. The summed E-state index contributed by atoms with van der Waals surface area (Å²) in [6.45, 7) is 13.4. The van der Waals surface area contributed by atoms with E-state index in [4.69, 9.17) is 30.1 Å². The summed E-state index contributed by atoms with van der Waals surface area (Å²) in [7, 11) is 2.02. The maximum atomic E-state index is 14.9. The van der Waals surface area contributed by atoms with Crippen LogP contribution in [0.5, 0.6) is 0 Å². The van der Waals surface area contributed by atoms with E-state index in [9.17, 15) is 44.4 Å². The van der Waals surface area contributed by atoms with Crippen molar-refractivity contribution in [3.05, 3.63) is 119 Å². The van der Waals surface area contributed by atoms with Crippen LogP contribution in [0.3, 0.4) is 0 Å². The van der Waals surface area contributed by atoms with Gasteiger partial charge in [-0.15, -0.1) is 6.42 Å². The van der Waals surface area contributed by atoms with Crippen LogP contribution in [0.25, 0.3) is 0 Å². The summed E-state index contributed by atoms with van der Waals surface area (Å²) in [5.41, 5.74) is -6.83. The first kappa shape index (κ1) is 53.4. The van der Waals surface area contributed by atoms with Crippen LogP contribution < -0.4 is 5.32 Å². The quantitative estimate of drug-likeness (QED) is 0.0737. The zero-order valence-corrected chi connectivity index (χ0v) is 41.2. The van der Waals surface area contributed by atoms with Crippen molar-refractivity contribution in [2.45, 2.75) is 134 Å². The second-order valence-electron chi connectivity index (χ2n) is 20.4. The molecule has 11 atom stereocenters. The average molecular weight is 967 g/mol. The van der Waals surface area contributed by atoms with Crippen molar-refractivity contribution >= 4 is 29.8 Å². The Bertz CT molecular complexity index is 2470. The van der Waals surface area contributed by atoms with Gasteiger partial charge < -0.3 is 49.4 Å². The van der Waals surface area contributed by atoms with Crippen LogP contribution in [0, 0.1) is 29.1 Å². The van der Waals surface area contributed by atoms with Crippen molar-refractivity contribution in [1.29, 1.82) is 0 Å². The Labute approximate surface area is 409 Å². The Morgan fingerprint density at radius 3 is 2.07 bits per heavy atom. The zero-order chi connectivity index (χ0) is 51.6. The van der Waals surface area contributed by atoms with E-state index in [1.807, 2.05) is 25.2 Å². The van der Waals surface area contributed by atoms with Crippen molar-refractivity contribution < 1.29 is 68.1 Å². The third kappa shape index (κ3) is 10.4. The summed E-state index contributed by atoms with van der Waals surface area (Å²) in [5.74, 6) is -2.75. The number of aliphatic hydroxyl groups excluding tert-OH is 3. The van der Waals surface area contributed by atoms with Crippen LogP contribution in [0.2, 0.25) is 0 Å². The minimum Gasteiger partial charge on any atom is -0.456 e. The van der Waals surface area contributed by atoms with Gasteiger partial charge in [-0.2, -0.15) is 0 Å². The maximum absolute atomic E-state index is 14.9. The predicted octanol–water partition coefficient (Wildman–Crippen LogP) is 5.01. The third-order valence-corrected chi connectivity index (χ3v) is 14.2. The highest BCUT2D eigenvalue weighted by atomic mass is 16.6. The summed E-state index contributed by atoms with van der Waals surface area (Å²) in [6, 6.07) is 24.9. The molecule has 1 amide bonds. The van der Waals surface area contributed by atoms with Crippen molar-refractivity contribution in [1.82, 2.24) is 10.2 Å². The fourth-order valence-electron chi connectivity index (χ4n) is 10.7. The SMILES string of the molecule is C#CCN(C)Cc1ccccc1.CC(=O)O[C@@]12CO[C@@H]1C[C@H](O)[C@@]1(C)C(=O)[C@H](O)C3=C(C)[C@@H](OC(=O)[C@H](O)[C@@H](NC(=O)OC(C)(C)C)c4ccccc4)C[C@@](O)([C@@H](OC(=O)c4ccccc4)[C@H]21)C3(C)C. The number of hydrogen-bond donors (Lipinski definition) is 5. The number of alkyl carbamates (subject to hydrolysis) is 1. The summed E-state index contributed by atoms with van der Waals surface area (Å²) < 4.78 is 29.5. The number of ketones is 1. The molecule has 0 unspecified atom stereocenters. The molecule has 376 valence electrons. The van der Waals surface area contributed by atoms with Gasteiger partial charge in [-0.1, -0.05) is 98.6 Å². The number of fused-ring (bicyclic) bond motifs is 5. The molecule has 16 heteroatoms. The van der Waals surface area contributed by atoms with Crippen LogP contribution in [0.1, 0.15) is 95.8 Å². The van der Waals surface area contributed by atoms with Crippen LogP contribution in [0.4, 0.5) is 4.79 Å². The molecular formula is C54H66N2O14. The topological polar surface area (TPSA) is 228 Å². The molecule has 70 heavy (non-hydrogen) atoms. The lowest BCUT2D eigenvalue weighted by molar-refractivity contribution is -0.346. The van der Waals surface area contributed by atoms with E-state index in [-0.39, 0.29) is 29.7 Å². The normalized spacial score (nSPS) is 29.6. The highest BCUT2D eigenvalue weighted by Gasteiger charge is 2.78. The van der Waals surface area contributed by atoms with Gasteiger partial charge in [-0.25, -0.2) is 14.4 Å². The smallest absolute Gasteiger partial charge is 0.408 e. The van der Waals surface area contributed by atoms with Gasteiger partial charge >= 0.3 is 24.0 Å². The fourth-order valence-corrected chi connectivity index (χ4v) is 10.7. The zero-order valence-electron chi connectivity index (χ0n) is 41.2. The largest absolute Gasteiger partial charge is 0.456 e. The van der Waals surface area contributed by atoms with Gasteiger partial charge in [0.2, 0.25) is 0 Å². The molecule has 7 rings (SSSR count). The standard InChI is InChI=1S/C43H53NO14.C11H13N/c1-22-26(55-37(51)32(48)30(24-15-11-9-12-16-24)44-38(52)58-39(3,4)5)20-43(53)35(56-36(50)25-17-13-10-14-18-25)33-41(8,34(49)31(47)29(22)40(43,6)7)27(46)19-28-42(33,21-54-28)57-23(2)45;1-3-9-12(2)10-11-7-5-4-6-8-11/h9-18,26-28,30-33,35,46-48,53H,19-21H2,1-8H3,(H,44,52);1,4-8H,9-10H2,2H3/t26-,27-,28+,30-,31+,32+,33-,35-,41+,42-,43+;/m0./s1. The molecule has 0 radical (unpaired) electrons. The molecule has 0 spiro atoms. The number of nitrogens with zero attached hydrogens (tertiary/aromatic N) is 1.